The van der Waals surface area contributed by atoms with Gasteiger partial charge in [-0.25, -0.2) is 50.0 Å². The Morgan fingerprint density at radius 1 is 0.421 bits per heavy atom. The lowest BCUT2D eigenvalue weighted by Gasteiger charge is -2.30. The van der Waals surface area contributed by atoms with Crippen molar-refractivity contribution in [2.24, 2.45) is 21.7 Å². The Morgan fingerprint density at radius 3 is 1.17 bits per heavy atom. The molecule has 1 saturated heterocycles. The Bertz CT molecular complexity index is 5170. The van der Waals surface area contributed by atoms with Crippen molar-refractivity contribution in [1.29, 1.82) is 21.0 Å². The van der Waals surface area contributed by atoms with Gasteiger partial charge in [0.1, 0.15) is 41.5 Å². The van der Waals surface area contributed by atoms with Crippen molar-refractivity contribution < 1.29 is 51.7 Å². The first-order chi connectivity index (χ1) is 56.8. The zero-order valence-corrected chi connectivity index (χ0v) is 73.2. The lowest BCUT2D eigenvalue weighted by atomic mass is 9.96. The average Bonchev–Trinajstić information content (AvgIpc) is 1.59. The van der Waals surface area contributed by atoms with E-state index in [0.717, 1.165) is 67.0 Å². The number of halogens is 3. The van der Waals surface area contributed by atoms with E-state index in [4.69, 9.17) is 14.8 Å². The van der Waals surface area contributed by atoms with Gasteiger partial charge in [-0.1, -0.05) is 107 Å². The number of hydrogen-bond donors (Lipinski definition) is 10. The molecule has 10 N–H and O–H groups in total. The molecule has 0 saturated carbocycles. The van der Waals surface area contributed by atoms with E-state index in [2.05, 4.69) is 148 Å². The summed E-state index contributed by atoms with van der Waals surface area (Å²) in [5.41, 5.74) is 16.9. The van der Waals surface area contributed by atoms with E-state index < -0.39 is 35.2 Å². The Kier molecular flexibility index (Phi) is 35.0. The SMILES string of the molecule is CONC(=O)c1ccc(C)c(Nc2nc(N(C)CC(C)(C)C)c(C#N)c(N3CCCN(C)CC3)n2)c1.CONC(=O)c1ccc(C)c(Nc2nc(N(C)CC(C)(C)C)c(C#N)cc2F)c1.CONC(=O)c1ccc(C)c(Nc2nc(NCC(C)(C)C)c(C#N)cc2F)c1.CONC(=O)c1ccc(C)c(Nc2nc(NCC(C)(C)C)c(F)cc2C#N)c1. The number of pyridine rings is 3. The molecule has 31 nitrogen and oxygen atoms in total. The molecule has 1 aliphatic heterocycles. The summed E-state index contributed by atoms with van der Waals surface area (Å²) in [7, 11) is 11.3. The molecule has 0 unspecified atom stereocenters. The number of rotatable bonds is 25. The monoisotopic (exact) mass is 1660 g/mol. The van der Waals surface area contributed by atoms with Crippen molar-refractivity contribution in [3.63, 3.8) is 0 Å². The standard InChI is InChI=1S/C26H38N8O2.C21H26FN5O2.2C20H24FN5O2/c1-18-9-10-19(24(35)31-36-7)15-21(18)28-25-29-22(33(6)17-26(2,3)4)20(16-27)23(30-25)34-12-8-11-32(5)13-14-34;1-13-7-8-14(20(28)26-29-6)10-17(13)24-18-16(22)9-15(11-23)19(25-18)27(5)12-21(2,3)4;1-12-6-7-13(19(27)26-28-5)9-16(12)24-17-14(10-22)8-15(21)18(25-17)23-11-20(2,3)4;1-12-6-7-13(19(27)26-28-5)9-16(12)24-18-15(21)8-14(10-22)17(25-18)23-11-20(2,3)4/h9-10,15H,8,11-14,17H2,1-7H3,(H,31,35)(H,28,29,30);7-10H,12H2,1-6H3,(H,24,25)(H,26,28);2*6-9H,11H2,1-5H3,(H,26,27)(H2,23,24,25). The van der Waals surface area contributed by atoms with Crippen LogP contribution in [0.5, 0.6) is 0 Å². The predicted octanol–water partition coefficient (Wildman–Crippen LogP) is 15.0. The third-order valence-corrected chi connectivity index (χ3v) is 17.8. The van der Waals surface area contributed by atoms with Crippen LogP contribution in [-0.4, -0.2) is 155 Å². The van der Waals surface area contributed by atoms with Crippen LogP contribution in [0.25, 0.3) is 0 Å². The molecule has 644 valence electrons. The molecule has 0 radical (unpaired) electrons. The fourth-order valence-corrected chi connectivity index (χ4v) is 11.9. The number of hydroxylamine groups is 4. The number of anilines is 13. The number of benzene rings is 4. The van der Waals surface area contributed by atoms with Crippen LogP contribution in [0.1, 0.15) is 175 Å². The fourth-order valence-electron chi connectivity index (χ4n) is 11.9. The number of nitrogens with zero attached hydrogens (tertiary/aromatic N) is 13. The Morgan fingerprint density at radius 2 is 0.777 bits per heavy atom. The molecule has 1 aliphatic rings. The highest BCUT2D eigenvalue weighted by Crippen LogP contribution is 2.35. The average molecular weight is 1660 g/mol. The van der Waals surface area contributed by atoms with Gasteiger partial charge in [-0.05, 0) is 158 Å². The van der Waals surface area contributed by atoms with E-state index in [-0.39, 0.29) is 67.5 Å². The summed E-state index contributed by atoms with van der Waals surface area (Å²) in [6.45, 7) is 38.1. The molecular formula is C87H112F3N23O8. The topological polar surface area (TPSA) is 398 Å². The van der Waals surface area contributed by atoms with Gasteiger partial charge in [0.25, 0.3) is 23.6 Å². The Hall–Kier alpha value is -13.0. The zero-order chi connectivity index (χ0) is 90.0. The number of likely N-dealkylation sites (N-methyl/N-ethyl adjacent to an activating group) is 1. The summed E-state index contributed by atoms with van der Waals surface area (Å²) in [6.07, 6.45) is 0.983. The molecule has 0 atom stereocenters. The normalized spacial score (nSPS) is 12.0. The van der Waals surface area contributed by atoms with Crippen LogP contribution in [0.2, 0.25) is 0 Å². The van der Waals surface area contributed by atoms with Crippen LogP contribution in [0.3, 0.4) is 0 Å². The minimum Gasteiger partial charge on any atom is -0.368 e. The van der Waals surface area contributed by atoms with E-state index in [1.165, 1.54) is 34.5 Å². The van der Waals surface area contributed by atoms with E-state index >= 15 is 0 Å². The molecule has 8 aromatic rings. The molecule has 34 heteroatoms. The molecule has 121 heavy (non-hydrogen) atoms. The smallest absolute Gasteiger partial charge is 0.274 e. The number of aryl methyl sites for hydroxylation is 4. The predicted molar refractivity (Wildman–Crippen MR) is 465 cm³/mol. The maximum atomic E-state index is 14.6. The fraction of sp³-hybridized carbons (Fsp3) is 0.414. The van der Waals surface area contributed by atoms with Gasteiger partial charge in [-0.2, -0.15) is 31.0 Å². The molecule has 5 heterocycles. The van der Waals surface area contributed by atoms with Gasteiger partial charge in [0.05, 0.1) is 45.1 Å². The van der Waals surface area contributed by atoms with E-state index in [0.29, 0.717) is 106 Å². The van der Waals surface area contributed by atoms with Crippen LogP contribution in [0, 0.1) is 112 Å². The van der Waals surface area contributed by atoms with Gasteiger partial charge in [-0.3, -0.25) is 38.5 Å². The number of amides is 4. The van der Waals surface area contributed by atoms with Gasteiger partial charge >= 0.3 is 0 Å². The summed E-state index contributed by atoms with van der Waals surface area (Å²) >= 11 is 0. The highest BCUT2D eigenvalue weighted by atomic mass is 19.1. The molecule has 4 amide bonds. The number of nitriles is 4. The van der Waals surface area contributed by atoms with Gasteiger partial charge < -0.3 is 51.5 Å². The van der Waals surface area contributed by atoms with Gasteiger partial charge in [0.15, 0.2) is 52.4 Å². The van der Waals surface area contributed by atoms with Crippen LogP contribution >= 0.6 is 0 Å². The first-order valence-electron chi connectivity index (χ1n) is 38.7. The number of carbonyl (C=O) groups excluding carboxylic acids is 4. The molecule has 4 aromatic heterocycles. The van der Waals surface area contributed by atoms with Crippen LogP contribution in [-0.2, 0) is 19.4 Å². The van der Waals surface area contributed by atoms with Crippen LogP contribution in [0.15, 0.2) is 91.0 Å². The summed E-state index contributed by atoms with van der Waals surface area (Å²) in [5, 5.41) is 56.5. The van der Waals surface area contributed by atoms with E-state index in [1.54, 1.807) is 66.7 Å². The zero-order valence-electron chi connectivity index (χ0n) is 73.2. The van der Waals surface area contributed by atoms with Crippen molar-refractivity contribution in [1.82, 2.24) is 51.7 Å². The third kappa shape index (κ3) is 29.5. The quantitative estimate of drug-likeness (QED) is 0.0238. The largest absolute Gasteiger partial charge is 0.368 e. The van der Waals surface area contributed by atoms with Gasteiger partial charge in [0, 0.05) is 105 Å². The maximum absolute atomic E-state index is 14.6. The second kappa shape index (κ2) is 43.7. The van der Waals surface area contributed by atoms with Crippen molar-refractivity contribution in [2.75, 3.05) is 149 Å². The second-order valence-electron chi connectivity index (χ2n) is 33.6. The van der Waals surface area contributed by atoms with E-state index in [1.807, 2.05) is 117 Å². The maximum Gasteiger partial charge on any atom is 0.274 e. The van der Waals surface area contributed by atoms with Crippen molar-refractivity contribution >= 4 is 98.9 Å². The minimum absolute atomic E-state index is 0.00509. The minimum atomic E-state index is -0.663. The third-order valence-electron chi connectivity index (χ3n) is 17.8. The first-order valence-corrected chi connectivity index (χ1v) is 38.7. The number of aromatic nitrogens is 5. The van der Waals surface area contributed by atoms with Crippen LogP contribution in [0.4, 0.5) is 88.4 Å². The van der Waals surface area contributed by atoms with Gasteiger partial charge in [-0.15, -0.1) is 0 Å². The summed E-state index contributed by atoms with van der Waals surface area (Å²) < 4.78 is 43.4. The van der Waals surface area contributed by atoms with Crippen molar-refractivity contribution in [3.05, 3.63) is 175 Å². The molecular weight excluding hydrogens is 1550 g/mol. The summed E-state index contributed by atoms with van der Waals surface area (Å²) in [5.74, 6) is -1.04. The van der Waals surface area contributed by atoms with Crippen molar-refractivity contribution in [2.45, 2.75) is 117 Å². The van der Waals surface area contributed by atoms with Crippen molar-refractivity contribution in [3.8, 4) is 24.3 Å². The second-order valence-corrected chi connectivity index (χ2v) is 33.6. The summed E-state index contributed by atoms with van der Waals surface area (Å²) in [4.78, 5) is 97.7. The molecule has 9 rings (SSSR count). The molecule has 0 spiro atoms. The molecule has 4 aromatic carbocycles. The Labute approximate surface area is 707 Å². The van der Waals surface area contributed by atoms with Gasteiger partial charge in [0.2, 0.25) is 5.95 Å². The lowest BCUT2D eigenvalue weighted by molar-refractivity contribution is 0.0533. The first kappa shape index (κ1) is 96.9. The lowest BCUT2D eigenvalue weighted by Crippen LogP contribution is -2.33. The van der Waals surface area contributed by atoms with E-state index in [9.17, 15) is 53.4 Å². The van der Waals surface area contributed by atoms with Crippen LogP contribution < -0.4 is 68.5 Å². The number of hydrogen-bond acceptors (Lipinski definition) is 27. The highest BCUT2D eigenvalue weighted by Gasteiger charge is 2.28. The molecule has 1 fully saturated rings. The Balaban J connectivity index is 0.000000251. The molecule has 0 aliphatic carbocycles. The summed E-state index contributed by atoms with van der Waals surface area (Å²) in [6, 6.07) is 32.0. The number of nitrogens with one attached hydrogen (secondary N) is 10. The number of carbonyl (C=O) groups is 4. The molecule has 0 bridgehead atoms. The highest BCUT2D eigenvalue weighted by molar-refractivity contribution is 5.97.